The molecule has 0 atom stereocenters. The summed E-state index contributed by atoms with van der Waals surface area (Å²) in [5.41, 5.74) is 1.39. The molecule has 1 heterocycles. The Morgan fingerprint density at radius 1 is 1.07 bits per heavy atom. The van der Waals surface area contributed by atoms with Crippen molar-refractivity contribution in [2.24, 2.45) is 4.99 Å². The van der Waals surface area contributed by atoms with Gasteiger partial charge in [-0.3, -0.25) is 4.99 Å². The van der Waals surface area contributed by atoms with E-state index < -0.39 is 5.54 Å². The molecule has 1 aromatic carbocycles. The summed E-state index contributed by atoms with van der Waals surface area (Å²) in [4.78, 5) is 4.53. The highest BCUT2D eigenvalue weighted by Gasteiger charge is 2.32. The van der Waals surface area contributed by atoms with E-state index in [1.807, 2.05) is 44.2 Å². The number of allylic oxidation sites excluding steroid dienone is 1. The number of nitrogens with zero attached hydrogens (tertiary/aromatic N) is 1. The zero-order valence-corrected chi connectivity index (χ0v) is 10.1. The summed E-state index contributed by atoms with van der Waals surface area (Å²) >= 11 is 12.3. The van der Waals surface area contributed by atoms with Crippen LogP contribution in [0.25, 0.3) is 0 Å². The third-order valence-corrected chi connectivity index (χ3v) is 3.49. The fourth-order valence-corrected chi connectivity index (χ4v) is 2.05. The molecule has 1 aromatic rings. The molecule has 1 aliphatic heterocycles. The van der Waals surface area contributed by atoms with Crippen LogP contribution < -0.4 is 0 Å². The van der Waals surface area contributed by atoms with Crippen molar-refractivity contribution >= 4 is 28.9 Å². The minimum absolute atomic E-state index is 0.399. The SMILES string of the molecule is CC1(C)N=C(c2ccccc2)C(Cl)=C1Cl. The Balaban J connectivity index is 2.51. The molecule has 0 amide bonds. The highest BCUT2D eigenvalue weighted by molar-refractivity contribution is 6.52. The lowest BCUT2D eigenvalue weighted by atomic mass is 10.1. The van der Waals surface area contributed by atoms with Crippen LogP contribution >= 0.6 is 23.2 Å². The zero-order valence-electron chi connectivity index (χ0n) is 8.59. The first-order valence-electron chi connectivity index (χ1n) is 4.74. The number of aliphatic imine (C=N–C) groups is 1. The molecule has 0 fully saturated rings. The van der Waals surface area contributed by atoms with E-state index in [9.17, 15) is 0 Å². The molecule has 0 saturated heterocycles. The first-order chi connectivity index (χ1) is 7.02. The Kier molecular flexibility index (Phi) is 2.61. The first-order valence-corrected chi connectivity index (χ1v) is 5.49. The van der Waals surface area contributed by atoms with Crippen molar-refractivity contribution in [3.63, 3.8) is 0 Å². The third kappa shape index (κ3) is 1.82. The highest BCUT2D eigenvalue weighted by Crippen LogP contribution is 2.37. The van der Waals surface area contributed by atoms with Crippen LogP contribution in [0.2, 0.25) is 0 Å². The number of hydrogen-bond donors (Lipinski definition) is 0. The van der Waals surface area contributed by atoms with Crippen molar-refractivity contribution in [1.82, 2.24) is 0 Å². The molecule has 0 N–H and O–H groups in total. The third-order valence-electron chi connectivity index (χ3n) is 2.38. The van der Waals surface area contributed by atoms with E-state index in [2.05, 4.69) is 4.99 Å². The van der Waals surface area contributed by atoms with Gasteiger partial charge in [0, 0.05) is 5.56 Å². The fraction of sp³-hybridized carbons (Fsp3) is 0.250. The molecular weight excluding hydrogens is 229 g/mol. The Hall–Kier alpha value is -0.790. The van der Waals surface area contributed by atoms with Crippen LogP contribution in [-0.4, -0.2) is 11.3 Å². The summed E-state index contributed by atoms with van der Waals surface area (Å²) in [5, 5.41) is 1.18. The number of benzene rings is 1. The maximum absolute atomic E-state index is 6.16. The van der Waals surface area contributed by atoms with Crippen LogP contribution in [-0.2, 0) is 0 Å². The van der Waals surface area contributed by atoms with Gasteiger partial charge in [0.25, 0.3) is 0 Å². The predicted molar refractivity (Wildman–Crippen MR) is 65.8 cm³/mol. The molecule has 1 aliphatic rings. The number of hydrogen-bond acceptors (Lipinski definition) is 1. The Morgan fingerprint density at radius 2 is 1.67 bits per heavy atom. The summed E-state index contributed by atoms with van der Waals surface area (Å²) in [6.45, 7) is 3.90. The van der Waals surface area contributed by atoms with Crippen LogP contribution in [0, 0.1) is 0 Å². The van der Waals surface area contributed by atoms with Gasteiger partial charge in [-0.05, 0) is 13.8 Å². The molecule has 0 saturated carbocycles. The normalized spacial score (nSPS) is 19.3. The standard InChI is InChI=1S/C12H11Cl2N/c1-12(2)11(14)9(13)10(15-12)8-6-4-3-5-7-8/h3-7H,1-2H3. The van der Waals surface area contributed by atoms with E-state index in [1.54, 1.807) is 0 Å². The molecule has 0 bridgehead atoms. The maximum Gasteiger partial charge on any atom is 0.0929 e. The van der Waals surface area contributed by atoms with Gasteiger partial charge in [0.05, 0.1) is 21.3 Å². The van der Waals surface area contributed by atoms with Gasteiger partial charge in [0.1, 0.15) is 0 Å². The van der Waals surface area contributed by atoms with Gasteiger partial charge in [0.2, 0.25) is 0 Å². The van der Waals surface area contributed by atoms with Gasteiger partial charge in [-0.1, -0.05) is 53.5 Å². The minimum Gasteiger partial charge on any atom is -0.271 e. The van der Waals surface area contributed by atoms with Gasteiger partial charge in [-0.15, -0.1) is 0 Å². The summed E-state index contributed by atoms with van der Waals surface area (Å²) in [5.74, 6) is 0. The second-order valence-electron chi connectivity index (χ2n) is 4.01. The fourth-order valence-electron chi connectivity index (χ4n) is 1.54. The van der Waals surface area contributed by atoms with Gasteiger partial charge in [-0.2, -0.15) is 0 Å². The largest absolute Gasteiger partial charge is 0.271 e. The van der Waals surface area contributed by atoms with Crippen LogP contribution in [0.4, 0.5) is 0 Å². The lowest BCUT2D eigenvalue weighted by Crippen LogP contribution is -2.13. The molecule has 78 valence electrons. The van der Waals surface area contributed by atoms with E-state index >= 15 is 0 Å². The van der Waals surface area contributed by atoms with Crippen molar-refractivity contribution < 1.29 is 0 Å². The van der Waals surface area contributed by atoms with Crippen molar-refractivity contribution in [1.29, 1.82) is 0 Å². The molecule has 0 aromatic heterocycles. The molecule has 2 rings (SSSR count). The highest BCUT2D eigenvalue weighted by atomic mass is 35.5. The van der Waals surface area contributed by atoms with Gasteiger partial charge in [0.15, 0.2) is 0 Å². The lowest BCUT2D eigenvalue weighted by molar-refractivity contribution is 0.656. The predicted octanol–water partition coefficient (Wildman–Crippen LogP) is 3.96. The quantitative estimate of drug-likeness (QED) is 0.704. The Bertz CT molecular complexity index is 444. The van der Waals surface area contributed by atoms with Crippen LogP contribution in [0.15, 0.2) is 45.4 Å². The molecule has 0 aliphatic carbocycles. The monoisotopic (exact) mass is 239 g/mol. The van der Waals surface area contributed by atoms with Gasteiger partial charge in [-0.25, -0.2) is 0 Å². The van der Waals surface area contributed by atoms with E-state index in [4.69, 9.17) is 23.2 Å². The molecule has 3 heteroatoms. The Morgan fingerprint density at radius 3 is 2.13 bits per heavy atom. The second kappa shape index (κ2) is 3.66. The summed E-state index contributed by atoms with van der Waals surface area (Å²) in [7, 11) is 0. The molecule has 0 unspecified atom stereocenters. The van der Waals surface area contributed by atoms with Crippen molar-refractivity contribution in [2.75, 3.05) is 0 Å². The summed E-state index contributed by atoms with van der Waals surface area (Å²) in [6.07, 6.45) is 0. The Labute approximate surface area is 99.4 Å². The maximum atomic E-state index is 6.16. The molecule has 0 spiro atoms. The van der Waals surface area contributed by atoms with Crippen molar-refractivity contribution in [3.8, 4) is 0 Å². The average molecular weight is 240 g/mol. The molecule has 0 radical (unpaired) electrons. The lowest BCUT2D eigenvalue weighted by Gasteiger charge is -2.13. The van der Waals surface area contributed by atoms with E-state index in [-0.39, 0.29) is 0 Å². The van der Waals surface area contributed by atoms with E-state index in [0.717, 1.165) is 11.3 Å². The van der Waals surface area contributed by atoms with Crippen LogP contribution in [0.3, 0.4) is 0 Å². The van der Waals surface area contributed by atoms with Crippen molar-refractivity contribution in [3.05, 3.63) is 46.0 Å². The smallest absolute Gasteiger partial charge is 0.0929 e. The molecule has 1 nitrogen and oxygen atoms in total. The van der Waals surface area contributed by atoms with Crippen LogP contribution in [0.1, 0.15) is 19.4 Å². The minimum atomic E-state index is -0.399. The average Bonchev–Trinajstić information content (AvgIpc) is 2.44. The first kappa shape index (κ1) is 10.7. The van der Waals surface area contributed by atoms with E-state index in [1.165, 1.54) is 0 Å². The molecule has 15 heavy (non-hydrogen) atoms. The zero-order chi connectivity index (χ0) is 11.1. The van der Waals surface area contributed by atoms with Crippen LogP contribution in [0.5, 0.6) is 0 Å². The summed E-state index contributed by atoms with van der Waals surface area (Å²) in [6, 6.07) is 9.84. The van der Waals surface area contributed by atoms with E-state index in [0.29, 0.717) is 10.1 Å². The number of rotatable bonds is 1. The number of halogens is 2. The molecular formula is C12H11Cl2N. The second-order valence-corrected chi connectivity index (χ2v) is 4.77. The van der Waals surface area contributed by atoms with Gasteiger partial charge < -0.3 is 0 Å². The van der Waals surface area contributed by atoms with Crippen molar-refractivity contribution in [2.45, 2.75) is 19.4 Å². The summed E-state index contributed by atoms with van der Waals surface area (Å²) < 4.78 is 0. The van der Waals surface area contributed by atoms with Gasteiger partial charge >= 0.3 is 0 Å². The topological polar surface area (TPSA) is 12.4 Å².